The van der Waals surface area contributed by atoms with Crippen LogP contribution in [0.2, 0.25) is 0 Å². The number of nitrogens with zero attached hydrogens (tertiary/aromatic N) is 1. The van der Waals surface area contributed by atoms with E-state index in [0.29, 0.717) is 5.92 Å². The maximum atomic E-state index is 13.6. The fraction of sp³-hybridized carbons (Fsp3) is 0.500. The third-order valence-corrected chi connectivity index (χ3v) is 2.74. The minimum Gasteiger partial charge on any atom is -0.378 e. The molecule has 0 aliphatic carbocycles. The quantitative estimate of drug-likeness (QED) is 0.857. The zero-order chi connectivity index (χ0) is 13.7. The number of anilines is 1. The molecule has 0 amide bonds. The van der Waals surface area contributed by atoms with Crippen LogP contribution >= 0.6 is 0 Å². The van der Waals surface area contributed by atoms with E-state index in [1.807, 2.05) is 6.92 Å². The van der Waals surface area contributed by atoms with Crippen LogP contribution in [0.4, 0.5) is 14.5 Å². The summed E-state index contributed by atoms with van der Waals surface area (Å²) in [6, 6.07) is 3.80. The molecule has 0 aliphatic heterocycles. The molecule has 1 atom stereocenters. The fourth-order valence-electron chi connectivity index (χ4n) is 1.68. The van der Waals surface area contributed by atoms with Gasteiger partial charge in [-0.25, -0.2) is 8.78 Å². The molecule has 0 aliphatic rings. The molecule has 1 unspecified atom stereocenters. The average molecular weight is 252 g/mol. The minimum atomic E-state index is -0.719. The van der Waals surface area contributed by atoms with E-state index < -0.39 is 11.6 Å². The second-order valence-electron chi connectivity index (χ2n) is 4.94. The van der Waals surface area contributed by atoms with Gasteiger partial charge in [0.25, 0.3) is 0 Å². The van der Waals surface area contributed by atoms with Crippen molar-refractivity contribution in [3.05, 3.63) is 29.3 Å². The van der Waals surface area contributed by atoms with Gasteiger partial charge in [-0.2, -0.15) is 5.26 Å². The lowest BCUT2D eigenvalue weighted by atomic mass is 10.0. The molecule has 0 saturated carbocycles. The highest BCUT2D eigenvalue weighted by atomic mass is 19.1. The molecule has 98 valence electrons. The maximum absolute atomic E-state index is 13.6. The Balaban J connectivity index is 2.76. The molecule has 0 fully saturated rings. The first kappa shape index (κ1) is 14.4. The summed E-state index contributed by atoms with van der Waals surface area (Å²) in [5.74, 6) is -0.879. The van der Waals surface area contributed by atoms with Gasteiger partial charge < -0.3 is 5.32 Å². The third kappa shape index (κ3) is 3.99. The van der Waals surface area contributed by atoms with Gasteiger partial charge in [0.2, 0.25) is 0 Å². The van der Waals surface area contributed by atoms with E-state index in [1.165, 1.54) is 0 Å². The van der Waals surface area contributed by atoms with Gasteiger partial charge in [0.15, 0.2) is 11.6 Å². The van der Waals surface area contributed by atoms with E-state index in [-0.39, 0.29) is 17.3 Å². The Kier molecular flexibility index (Phi) is 5.08. The van der Waals surface area contributed by atoms with Crippen LogP contribution < -0.4 is 5.32 Å². The average Bonchev–Trinajstić information content (AvgIpc) is 2.30. The first-order valence-electron chi connectivity index (χ1n) is 6.09. The first-order valence-corrected chi connectivity index (χ1v) is 6.09. The number of hydrogen-bond donors (Lipinski definition) is 1. The second-order valence-corrected chi connectivity index (χ2v) is 4.94. The van der Waals surface area contributed by atoms with Gasteiger partial charge in [-0.3, -0.25) is 0 Å². The predicted molar refractivity (Wildman–Crippen MR) is 68.2 cm³/mol. The van der Waals surface area contributed by atoms with Crippen molar-refractivity contribution in [3.8, 4) is 6.07 Å². The fourth-order valence-corrected chi connectivity index (χ4v) is 1.68. The number of benzene rings is 1. The summed E-state index contributed by atoms with van der Waals surface area (Å²) < 4.78 is 27.2. The first-order chi connectivity index (χ1) is 8.43. The standard InChI is InChI=1S/C14H18F2N2/c1-9(2)4-5-10(3)18-14-12(15)6-11(8-17)7-13(14)16/h6-7,9-10,18H,4-5H2,1-3H3. The Morgan fingerprint density at radius 1 is 1.17 bits per heavy atom. The summed E-state index contributed by atoms with van der Waals surface area (Å²) in [7, 11) is 0. The molecule has 0 heterocycles. The van der Waals surface area contributed by atoms with Crippen LogP contribution in [0.3, 0.4) is 0 Å². The molecule has 18 heavy (non-hydrogen) atoms. The third-order valence-electron chi connectivity index (χ3n) is 2.74. The molecule has 4 heteroatoms. The lowest BCUT2D eigenvalue weighted by Gasteiger charge is -2.17. The Morgan fingerprint density at radius 3 is 2.17 bits per heavy atom. The molecule has 1 N–H and O–H groups in total. The van der Waals surface area contributed by atoms with Gasteiger partial charge in [-0.05, 0) is 37.8 Å². The van der Waals surface area contributed by atoms with Gasteiger partial charge >= 0.3 is 0 Å². The predicted octanol–water partition coefficient (Wildman–Crippen LogP) is 4.07. The maximum Gasteiger partial charge on any atom is 0.150 e. The highest BCUT2D eigenvalue weighted by Gasteiger charge is 2.13. The summed E-state index contributed by atoms with van der Waals surface area (Å²) in [4.78, 5) is 0. The van der Waals surface area contributed by atoms with Crippen molar-refractivity contribution in [1.82, 2.24) is 0 Å². The second kappa shape index (κ2) is 6.34. The smallest absolute Gasteiger partial charge is 0.150 e. The van der Waals surface area contributed by atoms with Crippen LogP contribution in [0.25, 0.3) is 0 Å². The van der Waals surface area contributed by atoms with Crippen LogP contribution in [0.15, 0.2) is 12.1 Å². The van der Waals surface area contributed by atoms with Gasteiger partial charge in [0, 0.05) is 6.04 Å². The Bertz CT molecular complexity index is 427. The molecule has 1 aromatic rings. The number of halogens is 2. The monoisotopic (exact) mass is 252 g/mol. The Morgan fingerprint density at radius 2 is 1.72 bits per heavy atom. The van der Waals surface area contributed by atoms with Crippen molar-refractivity contribution in [2.75, 3.05) is 5.32 Å². The van der Waals surface area contributed by atoms with Crippen molar-refractivity contribution < 1.29 is 8.78 Å². The van der Waals surface area contributed by atoms with Crippen molar-refractivity contribution in [3.63, 3.8) is 0 Å². The van der Waals surface area contributed by atoms with Crippen LogP contribution in [0.5, 0.6) is 0 Å². The van der Waals surface area contributed by atoms with E-state index in [9.17, 15) is 8.78 Å². The van der Waals surface area contributed by atoms with E-state index in [1.54, 1.807) is 6.07 Å². The highest BCUT2D eigenvalue weighted by Crippen LogP contribution is 2.22. The van der Waals surface area contributed by atoms with Crippen LogP contribution in [-0.2, 0) is 0 Å². The summed E-state index contributed by atoms with van der Waals surface area (Å²) >= 11 is 0. The van der Waals surface area contributed by atoms with Crippen molar-refractivity contribution in [1.29, 1.82) is 5.26 Å². The largest absolute Gasteiger partial charge is 0.378 e. The highest BCUT2D eigenvalue weighted by molar-refractivity contribution is 5.50. The summed E-state index contributed by atoms with van der Waals surface area (Å²) in [5, 5.41) is 11.4. The van der Waals surface area contributed by atoms with E-state index >= 15 is 0 Å². The van der Waals surface area contributed by atoms with Crippen LogP contribution in [0, 0.1) is 28.9 Å². The van der Waals surface area contributed by atoms with Gasteiger partial charge in [0.1, 0.15) is 5.69 Å². The topological polar surface area (TPSA) is 35.8 Å². The van der Waals surface area contributed by atoms with Gasteiger partial charge in [-0.1, -0.05) is 13.8 Å². The van der Waals surface area contributed by atoms with Crippen LogP contribution in [0.1, 0.15) is 39.2 Å². The molecular weight excluding hydrogens is 234 g/mol. The molecule has 0 radical (unpaired) electrons. The Hall–Kier alpha value is -1.63. The summed E-state index contributed by atoms with van der Waals surface area (Å²) in [6.07, 6.45) is 1.84. The van der Waals surface area contributed by atoms with Crippen LogP contribution in [-0.4, -0.2) is 6.04 Å². The lowest BCUT2D eigenvalue weighted by molar-refractivity contribution is 0.521. The normalized spacial score (nSPS) is 12.3. The van der Waals surface area contributed by atoms with E-state index in [4.69, 9.17) is 5.26 Å². The summed E-state index contributed by atoms with van der Waals surface area (Å²) in [6.45, 7) is 6.10. The SMILES string of the molecule is CC(C)CCC(C)Nc1c(F)cc(C#N)cc1F. The molecule has 1 rings (SSSR count). The lowest BCUT2D eigenvalue weighted by Crippen LogP contribution is -2.18. The van der Waals surface area contributed by atoms with Gasteiger partial charge in [0.05, 0.1) is 11.6 Å². The molecule has 0 aromatic heterocycles. The molecular formula is C14H18F2N2. The van der Waals surface area contributed by atoms with Crippen molar-refractivity contribution in [2.45, 2.75) is 39.7 Å². The Labute approximate surface area is 107 Å². The molecule has 2 nitrogen and oxygen atoms in total. The number of hydrogen-bond acceptors (Lipinski definition) is 2. The van der Waals surface area contributed by atoms with Gasteiger partial charge in [-0.15, -0.1) is 0 Å². The molecule has 0 saturated heterocycles. The van der Waals surface area contributed by atoms with Crippen molar-refractivity contribution in [2.24, 2.45) is 5.92 Å². The van der Waals surface area contributed by atoms with E-state index in [0.717, 1.165) is 25.0 Å². The van der Waals surface area contributed by atoms with Crippen molar-refractivity contribution >= 4 is 5.69 Å². The number of rotatable bonds is 5. The zero-order valence-electron chi connectivity index (χ0n) is 10.9. The molecule has 0 bridgehead atoms. The minimum absolute atomic E-state index is 0.00890. The van der Waals surface area contributed by atoms with E-state index in [2.05, 4.69) is 19.2 Å². The summed E-state index contributed by atoms with van der Waals surface area (Å²) in [5.41, 5.74) is -0.157. The molecule has 0 spiro atoms. The number of nitriles is 1. The zero-order valence-corrected chi connectivity index (χ0v) is 10.9. The number of nitrogens with one attached hydrogen (secondary N) is 1. The molecule has 1 aromatic carbocycles.